The fourth-order valence-corrected chi connectivity index (χ4v) is 3.49. The van der Waals surface area contributed by atoms with E-state index in [-0.39, 0.29) is 17.3 Å². The summed E-state index contributed by atoms with van der Waals surface area (Å²) in [6.45, 7) is 0. The van der Waals surface area contributed by atoms with E-state index in [0.717, 1.165) is 24.8 Å². The summed E-state index contributed by atoms with van der Waals surface area (Å²) in [5, 5.41) is 3.13. The maximum Gasteiger partial charge on any atom is 0.286 e. The van der Waals surface area contributed by atoms with Crippen LogP contribution in [-0.2, 0) is 12.8 Å². The standard InChI is InChI=1S/C11H11N3O2S/c1-12-10(16)8-13-9(15)7-5-3-2-4-6(5)17-11(7)14-8/h2-4H2,1H3,(H,12,16)(H,13,14,15). The zero-order valence-electron chi connectivity index (χ0n) is 9.29. The number of thiophene rings is 1. The number of aryl methyl sites for hydroxylation is 2. The number of fused-ring (bicyclic) bond motifs is 3. The molecule has 0 unspecified atom stereocenters. The van der Waals surface area contributed by atoms with E-state index >= 15 is 0 Å². The molecule has 1 amide bonds. The maximum atomic E-state index is 12.0. The van der Waals surface area contributed by atoms with Crippen molar-refractivity contribution in [3.05, 3.63) is 26.6 Å². The van der Waals surface area contributed by atoms with Gasteiger partial charge in [-0.3, -0.25) is 9.59 Å². The second-order valence-electron chi connectivity index (χ2n) is 4.03. The van der Waals surface area contributed by atoms with Gasteiger partial charge in [0, 0.05) is 11.9 Å². The molecule has 0 aliphatic heterocycles. The highest BCUT2D eigenvalue weighted by Gasteiger charge is 2.21. The average Bonchev–Trinajstić information content (AvgIpc) is 2.86. The number of aromatic amines is 1. The number of nitrogens with zero attached hydrogens (tertiary/aromatic N) is 1. The summed E-state index contributed by atoms with van der Waals surface area (Å²) >= 11 is 1.53. The molecule has 2 aromatic rings. The quantitative estimate of drug-likeness (QED) is 0.786. The molecule has 0 aromatic carbocycles. The highest BCUT2D eigenvalue weighted by Crippen LogP contribution is 2.34. The Balaban J connectivity index is 2.29. The highest BCUT2D eigenvalue weighted by molar-refractivity contribution is 7.18. The second kappa shape index (κ2) is 3.66. The smallest absolute Gasteiger partial charge is 0.286 e. The van der Waals surface area contributed by atoms with Crippen molar-refractivity contribution >= 4 is 27.5 Å². The molecule has 1 aliphatic carbocycles. The van der Waals surface area contributed by atoms with Crippen LogP contribution < -0.4 is 10.9 Å². The topological polar surface area (TPSA) is 74.8 Å². The monoisotopic (exact) mass is 249 g/mol. The van der Waals surface area contributed by atoms with Crippen molar-refractivity contribution in [2.75, 3.05) is 7.05 Å². The van der Waals surface area contributed by atoms with Crippen LogP contribution in [0.5, 0.6) is 0 Å². The van der Waals surface area contributed by atoms with Crippen molar-refractivity contribution in [2.24, 2.45) is 0 Å². The Morgan fingerprint density at radius 1 is 1.47 bits per heavy atom. The van der Waals surface area contributed by atoms with Crippen molar-refractivity contribution in [3.8, 4) is 0 Å². The molecule has 0 fully saturated rings. The Morgan fingerprint density at radius 3 is 3.06 bits per heavy atom. The third kappa shape index (κ3) is 1.48. The lowest BCUT2D eigenvalue weighted by Crippen LogP contribution is -2.24. The van der Waals surface area contributed by atoms with Gasteiger partial charge in [-0.1, -0.05) is 0 Å². The van der Waals surface area contributed by atoms with Gasteiger partial charge in [0.25, 0.3) is 11.5 Å². The Kier molecular flexibility index (Phi) is 2.25. The van der Waals surface area contributed by atoms with E-state index in [4.69, 9.17) is 0 Å². The largest absolute Gasteiger partial charge is 0.352 e. The molecule has 0 atom stereocenters. The number of carbonyl (C=O) groups excluding carboxylic acids is 1. The van der Waals surface area contributed by atoms with Gasteiger partial charge in [0.05, 0.1) is 5.39 Å². The average molecular weight is 249 g/mol. The van der Waals surface area contributed by atoms with Gasteiger partial charge in [-0.25, -0.2) is 4.98 Å². The summed E-state index contributed by atoms with van der Waals surface area (Å²) in [7, 11) is 1.51. The molecule has 2 heterocycles. The molecule has 0 saturated heterocycles. The molecule has 88 valence electrons. The number of amides is 1. The molecule has 0 radical (unpaired) electrons. The number of carbonyl (C=O) groups is 1. The predicted octanol–water partition coefficient (Wildman–Crippen LogP) is 0.833. The fourth-order valence-electron chi connectivity index (χ4n) is 2.23. The van der Waals surface area contributed by atoms with Gasteiger partial charge in [-0.05, 0) is 24.8 Å². The second-order valence-corrected chi connectivity index (χ2v) is 5.11. The van der Waals surface area contributed by atoms with Gasteiger partial charge < -0.3 is 10.3 Å². The van der Waals surface area contributed by atoms with Gasteiger partial charge in [0.1, 0.15) is 4.83 Å². The third-order valence-electron chi connectivity index (χ3n) is 3.02. The van der Waals surface area contributed by atoms with E-state index in [1.807, 2.05) is 0 Å². The van der Waals surface area contributed by atoms with Gasteiger partial charge >= 0.3 is 0 Å². The van der Waals surface area contributed by atoms with E-state index in [2.05, 4.69) is 15.3 Å². The molecule has 0 saturated carbocycles. The van der Waals surface area contributed by atoms with Crippen LogP contribution in [0.25, 0.3) is 10.2 Å². The van der Waals surface area contributed by atoms with Crippen LogP contribution in [0.2, 0.25) is 0 Å². The van der Waals surface area contributed by atoms with Crippen molar-refractivity contribution in [3.63, 3.8) is 0 Å². The number of rotatable bonds is 1. The van der Waals surface area contributed by atoms with Gasteiger partial charge in [0.15, 0.2) is 5.82 Å². The zero-order chi connectivity index (χ0) is 12.0. The van der Waals surface area contributed by atoms with Crippen molar-refractivity contribution in [1.82, 2.24) is 15.3 Å². The van der Waals surface area contributed by atoms with E-state index in [0.29, 0.717) is 10.2 Å². The molecule has 2 N–H and O–H groups in total. The lowest BCUT2D eigenvalue weighted by atomic mass is 10.2. The number of hydrogen-bond acceptors (Lipinski definition) is 4. The molecule has 2 aromatic heterocycles. The summed E-state index contributed by atoms with van der Waals surface area (Å²) in [5.41, 5.74) is 0.926. The van der Waals surface area contributed by atoms with E-state index in [1.165, 1.54) is 23.3 Å². The van der Waals surface area contributed by atoms with Crippen LogP contribution in [0.15, 0.2) is 4.79 Å². The van der Waals surface area contributed by atoms with Crippen molar-refractivity contribution < 1.29 is 4.79 Å². The fraction of sp³-hybridized carbons (Fsp3) is 0.364. The minimum Gasteiger partial charge on any atom is -0.352 e. The maximum absolute atomic E-state index is 12.0. The Labute approximate surface area is 101 Å². The lowest BCUT2D eigenvalue weighted by Gasteiger charge is -1.99. The van der Waals surface area contributed by atoms with Crippen LogP contribution in [0.1, 0.15) is 27.5 Å². The molecule has 6 heteroatoms. The van der Waals surface area contributed by atoms with Crippen LogP contribution in [0.4, 0.5) is 0 Å². The predicted molar refractivity (Wildman–Crippen MR) is 65.7 cm³/mol. The van der Waals surface area contributed by atoms with Crippen molar-refractivity contribution in [2.45, 2.75) is 19.3 Å². The van der Waals surface area contributed by atoms with Crippen molar-refractivity contribution in [1.29, 1.82) is 0 Å². The van der Waals surface area contributed by atoms with Crippen LogP contribution >= 0.6 is 11.3 Å². The molecular weight excluding hydrogens is 238 g/mol. The Bertz CT molecular complexity index is 671. The Morgan fingerprint density at radius 2 is 2.29 bits per heavy atom. The summed E-state index contributed by atoms with van der Waals surface area (Å²) < 4.78 is 0. The molecule has 17 heavy (non-hydrogen) atoms. The number of aromatic nitrogens is 2. The SMILES string of the molecule is CNC(=O)c1nc2sc3c(c2c(=O)[nH]1)CCC3. The molecule has 0 bridgehead atoms. The first-order chi connectivity index (χ1) is 8.20. The lowest BCUT2D eigenvalue weighted by molar-refractivity contribution is 0.0953. The minimum atomic E-state index is -0.363. The highest BCUT2D eigenvalue weighted by atomic mass is 32.1. The molecule has 1 aliphatic rings. The van der Waals surface area contributed by atoms with E-state index in [1.54, 1.807) is 0 Å². The van der Waals surface area contributed by atoms with Crippen LogP contribution in [0.3, 0.4) is 0 Å². The Hall–Kier alpha value is -1.69. The molecule has 3 rings (SSSR count). The van der Waals surface area contributed by atoms with Crippen LogP contribution in [-0.4, -0.2) is 22.9 Å². The van der Waals surface area contributed by atoms with Gasteiger partial charge in [-0.15, -0.1) is 11.3 Å². The number of hydrogen-bond donors (Lipinski definition) is 2. The first kappa shape index (κ1) is 10.5. The molecule has 0 spiro atoms. The number of H-pyrrole nitrogens is 1. The summed E-state index contributed by atoms with van der Waals surface area (Å²) in [5.74, 6) is -0.275. The third-order valence-corrected chi connectivity index (χ3v) is 4.20. The summed E-state index contributed by atoms with van der Waals surface area (Å²) in [6.07, 6.45) is 3.07. The molecular formula is C11H11N3O2S. The summed E-state index contributed by atoms with van der Waals surface area (Å²) in [4.78, 5) is 32.1. The van der Waals surface area contributed by atoms with Gasteiger partial charge in [-0.2, -0.15) is 0 Å². The van der Waals surface area contributed by atoms with Gasteiger partial charge in [0.2, 0.25) is 0 Å². The minimum absolute atomic E-state index is 0.0879. The normalized spacial score (nSPS) is 13.9. The first-order valence-corrected chi connectivity index (χ1v) is 6.29. The molecule has 5 nitrogen and oxygen atoms in total. The summed E-state index contributed by atoms with van der Waals surface area (Å²) in [6, 6.07) is 0. The number of nitrogens with one attached hydrogen (secondary N) is 2. The van der Waals surface area contributed by atoms with E-state index in [9.17, 15) is 9.59 Å². The first-order valence-electron chi connectivity index (χ1n) is 5.47. The van der Waals surface area contributed by atoms with Crippen LogP contribution in [0, 0.1) is 0 Å². The zero-order valence-corrected chi connectivity index (χ0v) is 10.1. The van der Waals surface area contributed by atoms with E-state index < -0.39 is 0 Å².